The number of ketones is 1. The molecule has 1 aromatic carbocycles. The molecule has 0 saturated heterocycles. The molecule has 0 aliphatic heterocycles. The third-order valence-electron chi connectivity index (χ3n) is 3.95. The lowest BCUT2D eigenvalue weighted by Crippen LogP contribution is -2.10. The monoisotopic (exact) mass is 298 g/mol. The number of H-pyrrole nitrogens is 1. The smallest absolute Gasteiger partial charge is 0.359 e. The van der Waals surface area contributed by atoms with Gasteiger partial charge in [-0.05, 0) is 44.2 Å². The van der Waals surface area contributed by atoms with Gasteiger partial charge >= 0.3 is 5.97 Å². The maximum absolute atomic E-state index is 12.2. The van der Waals surface area contributed by atoms with Crippen molar-refractivity contribution < 1.29 is 14.3 Å². The van der Waals surface area contributed by atoms with Crippen LogP contribution in [0.15, 0.2) is 24.3 Å². The van der Waals surface area contributed by atoms with Gasteiger partial charge in [0, 0.05) is 16.8 Å². The summed E-state index contributed by atoms with van der Waals surface area (Å²) in [6.07, 6.45) is 4.02. The number of esters is 1. The maximum atomic E-state index is 12.2. The Labute approximate surface area is 128 Å². The molecule has 1 aliphatic rings. The summed E-state index contributed by atoms with van der Waals surface area (Å²) in [7, 11) is 0. The van der Waals surface area contributed by atoms with Crippen molar-refractivity contribution in [2.24, 2.45) is 0 Å². The minimum atomic E-state index is -0.410. The second kappa shape index (κ2) is 6.13. The number of nitrogens with zero attached hydrogens (tertiary/aromatic N) is 1. The highest BCUT2D eigenvalue weighted by Gasteiger charge is 2.22. The van der Waals surface area contributed by atoms with E-state index in [1.807, 2.05) is 6.07 Å². The predicted octanol–water partition coefficient (Wildman–Crippen LogP) is 2.85. The second-order valence-corrected chi connectivity index (χ2v) is 5.57. The Hall–Kier alpha value is -2.43. The molecule has 0 spiro atoms. The van der Waals surface area contributed by atoms with Crippen LogP contribution >= 0.6 is 0 Å². The summed E-state index contributed by atoms with van der Waals surface area (Å²) < 4.78 is 5.34. The van der Waals surface area contributed by atoms with Gasteiger partial charge in [-0.15, -0.1) is 0 Å². The van der Waals surface area contributed by atoms with Gasteiger partial charge in [-0.2, -0.15) is 5.10 Å². The van der Waals surface area contributed by atoms with Gasteiger partial charge in [0.1, 0.15) is 6.61 Å². The molecule has 0 bridgehead atoms. The number of nitrogens with one attached hydrogen (secondary N) is 1. The molecule has 22 heavy (non-hydrogen) atoms. The van der Waals surface area contributed by atoms with E-state index in [-0.39, 0.29) is 12.4 Å². The van der Waals surface area contributed by atoms with Crippen LogP contribution in [0, 0.1) is 0 Å². The lowest BCUT2D eigenvalue weighted by molar-refractivity contribution is 0.0464. The first-order valence-corrected chi connectivity index (χ1v) is 7.48. The minimum Gasteiger partial charge on any atom is -0.456 e. The SMILES string of the molecule is CC(=O)c1cccc(COC(=O)c2n[nH]c3c2CCCC3)c1. The molecule has 0 amide bonds. The minimum absolute atomic E-state index is 0.00505. The quantitative estimate of drug-likeness (QED) is 0.696. The number of rotatable bonds is 4. The van der Waals surface area contributed by atoms with Crippen LogP contribution in [0.25, 0.3) is 0 Å². The number of aromatic amines is 1. The second-order valence-electron chi connectivity index (χ2n) is 5.57. The number of aromatic nitrogens is 2. The van der Waals surface area contributed by atoms with E-state index in [1.54, 1.807) is 18.2 Å². The Morgan fingerprint density at radius 3 is 2.91 bits per heavy atom. The molecule has 1 N–H and O–H groups in total. The number of benzene rings is 1. The summed E-state index contributed by atoms with van der Waals surface area (Å²) in [6, 6.07) is 7.11. The average molecular weight is 298 g/mol. The van der Waals surface area contributed by atoms with Crippen LogP contribution in [-0.4, -0.2) is 21.9 Å². The summed E-state index contributed by atoms with van der Waals surface area (Å²) in [6.45, 7) is 1.66. The van der Waals surface area contributed by atoms with Crippen LogP contribution in [-0.2, 0) is 24.2 Å². The summed E-state index contributed by atoms with van der Waals surface area (Å²) in [5.74, 6) is -0.415. The van der Waals surface area contributed by atoms with Gasteiger partial charge in [-0.1, -0.05) is 18.2 Å². The van der Waals surface area contributed by atoms with E-state index in [2.05, 4.69) is 10.2 Å². The largest absolute Gasteiger partial charge is 0.456 e. The van der Waals surface area contributed by atoms with Gasteiger partial charge in [-0.25, -0.2) is 4.79 Å². The van der Waals surface area contributed by atoms with Crippen molar-refractivity contribution >= 4 is 11.8 Å². The number of ether oxygens (including phenoxy) is 1. The van der Waals surface area contributed by atoms with Crippen molar-refractivity contribution in [1.29, 1.82) is 0 Å². The number of aryl methyl sites for hydroxylation is 1. The van der Waals surface area contributed by atoms with E-state index < -0.39 is 5.97 Å². The van der Waals surface area contributed by atoms with E-state index in [0.717, 1.165) is 42.5 Å². The number of fused-ring (bicyclic) bond motifs is 1. The first-order valence-electron chi connectivity index (χ1n) is 7.48. The Morgan fingerprint density at radius 1 is 1.27 bits per heavy atom. The standard InChI is InChI=1S/C17H18N2O3/c1-11(20)13-6-4-5-12(9-13)10-22-17(21)16-14-7-2-3-8-15(14)18-19-16/h4-6,9H,2-3,7-8,10H2,1H3,(H,18,19). The van der Waals surface area contributed by atoms with Crippen LogP contribution in [0.1, 0.15) is 57.4 Å². The molecule has 1 heterocycles. The fraction of sp³-hybridized carbons (Fsp3) is 0.353. The molecular weight excluding hydrogens is 280 g/mol. The van der Waals surface area contributed by atoms with Crippen molar-refractivity contribution in [2.45, 2.75) is 39.2 Å². The third kappa shape index (κ3) is 2.93. The predicted molar refractivity (Wildman–Crippen MR) is 80.8 cm³/mol. The molecule has 5 heteroatoms. The highest BCUT2D eigenvalue weighted by molar-refractivity contribution is 5.94. The molecule has 5 nitrogen and oxygen atoms in total. The number of hydrogen-bond acceptors (Lipinski definition) is 4. The van der Waals surface area contributed by atoms with Crippen LogP contribution in [0.5, 0.6) is 0 Å². The normalized spacial score (nSPS) is 13.5. The van der Waals surface area contributed by atoms with Crippen LogP contribution in [0.2, 0.25) is 0 Å². The molecular formula is C17H18N2O3. The van der Waals surface area contributed by atoms with Crippen LogP contribution < -0.4 is 0 Å². The fourth-order valence-corrected chi connectivity index (χ4v) is 2.75. The van der Waals surface area contributed by atoms with Gasteiger partial charge < -0.3 is 4.74 Å². The van der Waals surface area contributed by atoms with Gasteiger partial charge in [0.15, 0.2) is 11.5 Å². The Bertz CT molecular complexity index is 718. The molecule has 0 fully saturated rings. The molecule has 3 rings (SSSR count). The first-order chi connectivity index (χ1) is 10.6. The van der Waals surface area contributed by atoms with Gasteiger partial charge in [0.2, 0.25) is 0 Å². The highest BCUT2D eigenvalue weighted by atomic mass is 16.5. The van der Waals surface area contributed by atoms with E-state index in [4.69, 9.17) is 4.74 Å². The Balaban J connectivity index is 1.69. The van der Waals surface area contributed by atoms with Crippen molar-refractivity contribution in [1.82, 2.24) is 10.2 Å². The topological polar surface area (TPSA) is 72.1 Å². The molecule has 1 aromatic heterocycles. The average Bonchev–Trinajstić information content (AvgIpc) is 2.97. The molecule has 114 valence electrons. The molecule has 0 radical (unpaired) electrons. The van der Waals surface area contributed by atoms with E-state index in [0.29, 0.717) is 11.3 Å². The van der Waals surface area contributed by atoms with Gasteiger partial charge in [0.05, 0.1) is 0 Å². The first kappa shape index (κ1) is 14.5. The summed E-state index contributed by atoms with van der Waals surface area (Å²) in [5.41, 5.74) is 3.86. The van der Waals surface area contributed by atoms with Crippen molar-refractivity contribution in [2.75, 3.05) is 0 Å². The molecule has 0 saturated carbocycles. The number of hydrogen-bond donors (Lipinski definition) is 1. The Kier molecular flexibility index (Phi) is 4.04. The van der Waals surface area contributed by atoms with Crippen LogP contribution in [0.4, 0.5) is 0 Å². The lowest BCUT2D eigenvalue weighted by Gasteiger charge is -2.11. The van der Waals surface area contributed by atoms with E-state index >= 15 is 0 Å². The zero-order chi connectivity index (χ0) is 15.5. The molecule has 0 atom stereocenters. The van der Waals surface area contributed by atoms with E-state index in [1.165, 1.54) is 6.92 Å². The Morgan fingerprint density at radius 2 is 2.09 bits per heavy atom. The summed E-state index contributed by atoms with van der Waals surface area (Å²) in [5, 5.41) is 7.04. The van der Waals surface area contributed by atoms with Gasteiger partial charge in [0.25, 0.3) is 0 Å². The maximum Gasteiger partial charge on any atom is 0.359 e. The number of Topliss-reactive ketones (excluding diaryl/α,β-unsaturated/α-hetero) is 1. The number of carbonyl (C=O) groups excluding carboxylic acids is 2. The van der Waals surface area contributed by atoms with Gasteiger partial charge in [-0.3, -0.25) is 9.89 Å². The molecule has 2 aromatic rings. The fourth-order valence-electron chi connectivity index (χ4n) is 2.75. The highest BCUT2D eigenvalue weighted by Crippen LogP contribution is 2.22. The summed E-state index contributed by atoms with van der Waals surface area (Å²) >= 11 is 0. The number of carbonyl (C=O) groups is 2. The lowest BCUT2D eigenvalue weighted by atomic mass is 9.96. The van der Waals surface area contributed by atoms with Crippen molar-refractivity contribution in [3.05, 3.63) is 52.3 Å². The molecule has 1 aliphatic carbocycles. The zero-order valence-electron chi connectivity index (χ0n) is 12.5. The zero-order valence-corrected chi connectivity index (χ0v) is 12.5. The van der Waals surface area contributed by atoms with Crippen molar-refractivity contribution in [3.63, 3.8) is 0 Å². The van der Waals surface area contributed by atoms with E-state index in [9.17, 15) is 9.59 Å². The molecule has 0 unspecified atom stereocenters. The third-order valence-corrected chi connectivity index (χ3v) is 3.95. The summed E-state index contributed by atoms with van der Waals surface area (Å²) in [4.78, 5) is 23.6. The van der Waals surface area contributed by atoms with Crippen LogP contribution in [0.3, 0.4) is 0 Å². The van der Waals surface area contributed by atoms with Crippen molar-refractivity contribution in [3.8, 4) is 0 Å².